The number of hydrogen-bond donors (Lipinski definition) is 2. The highest BCUT2D eigenvalue weighted by atomic mass is 16.3. The van der Waals surface area contributed by atoms with E-state index in [-0.39, 0.29) is 18.2 Å². The SMILES string of the molecule is CCn1cc(C(C)n2nc(CO)c3c(=O)[nH]c(C)nc32)cn1. The van der Waals surface area contributed by atoms with E-state index in [2.05, 4.69) is 20.2 Å². The highest BCUT2D eigenvalue weighted by Gasteiger charge is 2.20. The zero-order chi connectivity index (χ0) is 15.9. The lowest BCUT2D eigenvalue weighted by atomic mass is 10.2. The molecular weight excluding hydrogens is 284 g/mol. The van der Waals surface area contributed by atoms with E-state index < -0.39 is 0 Å². The molecule has 0 saturated heterocycles. The van der Waals surface area contributed by atoms with Gasteiger partial charge in [-0.05, 0) is 20.8 Å². The summed E-state index contributed by atoms with van der Waals surface area (Å²) in [6, 6.07) is -0.142. The summed E-state index contributed by atoms with van der Waals surface area (Å²) in [6.07, 6.45) is 3.72. The van der Waals surface area contributed by atoms with Crippen molar-refractivity contribution < 1.29 is 5.11 Å². The second-order valence-electron chi connectivity index (χ2n) is 5.20. The molecule has 0 radical (unpaired) electrons. The van der Waals surface area contributed by atoms with E-state index >= 15 is 0 Å². The van der Waals surface area contributed by atoms with Crippen LogP contribution in [-0.2, 0) is 13.2 Å². The van der Waals surface area contributed by atoms with Gasteiger partial charge in [0.15, 0.2) is 5.65 Å². The average molecular weight is 302 g/mol. The first-order valence-electron chi connectivity index (χ1n) is 7.16. The van der Waals surface area contributed by atoms with Gasteiger partial charge in [0.2, 0.25) is 0 Å². The van der Waals surface area contributed by atoms with E-state index in [4.69, 9.17) is 0 Å². The zero-order valence-corrected chi connectivity index (χ0v) is 12.7. The number of aromatic amines is 1. The molecule has 0 aliphatic heterocycles. The van der Waals surface area contributed by atoms with Crippen LogP contribution in [0.15, 0.2) is 17.2 Å². The van der Waals surface area contributed by atoms with Gasteiger partial charge in [0.05, 0.1) is 18.8 Å². The Labute approximate surface area is 126 Å². The number of aromatic nitrogens is 6. The van der Waals surface area contributed by atoms with Crippen LogP contribution in [-0.4, -0.2) is 34.6 Å². The molecule has 0 aliphatic rings. The summed E-state index contributed by atoms with van der Waals surface area (Å²) in [5.41, 5.74) is 1.49. The molecular formula is C14H18N6O2. The Hall–Kier alpha value is -2.48. The lowest BCUT2D eigenvalue weighted by Gasteiger charge is -2.11. The molecule has 3 aromatic heterocycles. The van der Waals surface area contributed by atoms with Crippen molar-refractivity contribution in [2.75, 3.05) is 0 Å². The number of H-pyrrole nitrogens is 1. The molecule has 0 amide bonds. The molecule has 0 aliphatic carbocycles. The van der Waals surface area contributed by atoms with Crippen molar-refractivity contribution in [2.45, 2.75) is 40.0 Å². The van der Waals surface area contributed by atoms with Gasteiger partial charge in [0, 0.05) is 18.3 Å². The van der Waals surface area contributed by atoms with Crippen LogP contribution in [0, 0.1) is 6.92 Å². The van der Waals surface area contributed by atoms with Crippen molar-refractivity contribution in [3.05, 3.63) is 39.8 Å². The van der Waals surface area contributed by atoms with Crippen LogP contribution in [0.3, 0.4) is 0 Å². The van der Waals surface area contributed by atoms with Crippen molar-refractivity contribution in [3.8, 4) is 0 Å². The van der Waals surface area contributed by atoms with Crippen molar-refractivity contribution in [1.29, 1.82) is 0 Å². The van der Waals surface area contributed by atoms with Crippen LogP contribution in [0.4, 0.5) is 0 Å². The maximum absolute atomic E-state index is 12.1. The maximum atomic E-state index is 12.1. The number of aryl methyl sites for hydroxylation is 2. The minimum atomic E-state index is -0.307. The molecule has 0 fully saturated rings. The van der Waals surface area contributed by atoms with E-state index in [9.17, 15) is 9.90 Å². The van der Waals surface area contributed by atoms with Crippen LogP contribution in [0.25, 0.3) is 11.0 Å². The van der Waals surface area contributed by atoms with Gasteiger partial charge in [-0.3, -0.25) is 9.48 Å². The molecule has 0 spiro atoms. The fourth-order valence-corrected chi connectivity index (χ4v) is 2.51. The van der Waals surface area contributed by atoms with Crippen LogP contribution in [0.2, 0.25) is 0 Å². The molecule has 8 nitrogen and oxygen atoms in total. The van der Waals surface area contributed by atoms with E-state index in [1.807, 2.05) is 24.7 Å². The van der Waals surface area contributed by atoms with E-state index in [1.54, 1.807) is 17.8 Å². The largest absolute Gasteiger partial charge is 0.390 e. The van der Waals surface area contributed by atoms with Crippen molar-refractivity contribution in [3.63, 3.8) is 0 Å². The maximum Gasteiger partial charge on any atom is 0.262 e. The highest BCUT2D eigenvalue weighted by molar-refractivity contribution is 5.77. The fourth-order valence-electron chi connectivity index (χ4n) is 2.51. The highest BCUT2D eigenvalue weighted by Crippen LogP contribution is 2.22. The number of rotatable bonds is 4. The zero-order valence-electron chi connectivity index (χ0n) is 12.7. The van der Waals surface area contributed by atoms with Gasteiger partial charge < -0.3 is 10.1 Å². The molecule has 22 heavy (non-hydrogen) atoms. The van der Waals surface area contributed by atoms with Gasteiger partial charge in [-0.2, -0.15) is 10.2 Å². The van der Waals surface area contributed by atoms with Gasteiger partial charge in [-0.15, -0.1) is 0 Å². The number of nitrogens with one attached hydrogen (secondary N) is 1. The molecule has 0 bridgehead atoms. The van der Waals surface area contributed by atoms with Gasteiger partial charge in [0.1, 0.15) is 16.9 Å². The predicted molar refractivity (Wildman–Crippen MR) is 80.5 cm³/mol. The average Bonchev–Trinajstić information content (AvgIpc) is 3.10. The first-order chi connectivity index (χ1) is 10.5. The Morgan fingerprint density at radius 2 is 2.23 bits per heavy atom. The van der Waals surface area contributed by atoms with Crippen LogP contribution in [0.5, 0.6) is 0 Å². The molecule has 3 heterocycles. The summed E-state index contributed by atoms with van der Waals surface area (Å²) < 4.78 is 3.50. The van der Waals surface area contributed by atoms with Gasteiger partial charge in [-0.1, -0.05) is 0 Å². The Morgan fingerprint density at radius 1 is 1.45 bits per heavy atom. The quantitative estimate of drug-likeness (QED) is 0.740. The first-order valence-corrected chi connectivity index (χ1v) is 7.16. The minimum absolute atomic E-state index is 0.142. The monoisotopic (exact) mass is 302 g/mol. The molecule has 116 valence electrons. The van der Waals surface area contributed by atoms with E-state index in [0.717, 1.165) is 12.1 Å². The van der Waals surface area contributed by atoms with Gasteiger partial charge in [0.25, 0.3) is 5.56 Å². The molecule has 1 unspecified atom stereocenters. The Bertz CT molecular complexity index is 875. The van der Waals surface area contributed by atoms with Crippen molar-refractivity contribution in [1.82, 2.24) is 29.5 Å². The number of aliphatic hydroxyl groups excluding tert-OH is 1. The fraction of sp³-hybridized carbons (Fsp3) is 0.429. The predicted octanol–water partition coefficient (Wildman–Crippen LogP) is 0.746. The van der Waals surface area contributed by atoms with Crippen LogP contribution < -0.4 is 5.56 Å². The topological polar surface area (TPSA) is 102 Å². The molecule has 1 atom stereocenters. The standard InChI is InChI=1S/C14H18N6O2/c1-4-19-6-10(5-15-19)8(2)20-13-12(11(7-21)18-20)14(22)17-9(3)16-13/h5-6,8,21H,4,7H2,1-3H3,(H,16,17,22). The summed E-state index contributed by atoms with van der Waals surface area (Å²) >= 11 is 0. The van der Waals surface area contributed by atoms with Gasteiger partial charge in [-0.25, -0.2) is 9.67 Å². The molecule has 3 rings (SSSR count). The summed E-state index contributed by atoms with van der Waals surface area (Å²) in [5, 5.41) is 18.4. The Kier molecular flexibility index (Phi) is 3.53. The lowest BCUT2D eigenvalue weighted by Crippen LogP contribution is -2.13. The van der Waals surface area contributed by atoms with E-state index in [1.165, 1.54) is 0 Å². The number of nitrogens with zero attached hydrogens (tertiary/aromatic N) is 5. The molecule has 0 saturated carbocycles. The second kappa shape index (κ2) is 5.38. The van der Waals surface area contributed by atoms with Crippen LogP contribution >= 0.6 is 0 Å². The third-order valence-electron chi connectivity index (χ3n) is 3.73. The third kappa shape index (κ3) is 2.21. The van der Waals surface area contributed by atoms with Gasteiger partial charge >= 0.3 is 0 Å². The van der Waals surface area contributed by atoms with Crippen LogP contribution in [0.1, 0.15) is 37.0 Å². The Balaban J connectivity index is 2.19. The van der Waals surface area contributed by atoms with Crippen molar-refractivity contribution >= 4 is 11.0 Å². The summed E-state index contributed by atoms with van der Waals surface area (Å²) in [4.78, 5) is 19.2. The molecule has 3 aromatic rings. The second-order valence-corrected chi connectivity index (χ2v) is 5.20. The summed E-state index contributed by atoms with van der Waals surface area (Å²) in [5.74, 6) is 0.514. The smallest absolute Gasteiger partial charge is 0.262 e. The number of fused-ring (bicyclic) bond motifs is 1. The first kappa shape index (κ1) is 14.5. The summed E-state index contributed by atoms with van der Waals surface area (Å²) in [6.45, 7) is 6.17. The van der Waals surface area contributed by atoms with E-state index in [0.29, 0.717) is 22.6 Å². The molecule has 8 heteroatoms. The lowest BCUT2D eigenvalue weighted by molar-refractivity contribution is 0.276. The molecule has 0 aromatic carbocycles. The summed E-state index contributed by atoms with van der Waals surface area (Å²) in [7, 11) is 0. The number of hydrogen-bond acceptors (Lipinski definition) is 5. The Morgan fingerprint density at radius 3 is 2.86 bits per heavy atom. The third-order valence-corrected chi connectivity index (χ3v) is 3.73. The molecule has 2 N–H and O–H groups in total. The minimum Gasteiger partial charge on any atom is -0.390 e. The van der Waals surface area contributed by atoms with Crippen molar-refractivity contribution in [2.24, 2.45) is 0 Å². The normalized spacial score (nSPS) is 12.9. The number of aliphatic hydroxyl groups is 1.